The summed E-state index contributed by atoms with van der Waals surface area (Å²) in [6.45, 7) is 5.02. The standard InChI is InChI=1S/C17H23FN2O4/c1-11(2)19-14(21)5-4-6-15(22)20-17(3,16(23)24)12-7-9-13(18)10-8-12/h7-11H,4-6H2,1-3H3,(H,19,21)(H,20,22)(H,23,24). The second-order valence-electron chi connectivity index (χ2n) is 6.06. The van der Waals surface area contributed by atoms with Crippen LogP contribution in [0.25, 0.3) is 0 Å². The van der Waals surface area contributed by atoms with Gasteiger partial charge in [0.25, 0.3) is 0 Å². The second-order valence-corrected chi connectivity index (χ2v) is 6.06. The highest BCUT2D eigenvalue weighted by molar-refractivity contribution is 5.88. The Morgan fingerprint density at radius 1 is 1.12 bits per heavy atom. The predicted molar refractivity (Wildman–Crippen MR) is 86.7 cm³/mol. The highest BCUT2D eigenvalue weighted by atomic mass is 19.1. The van der Waals surface area contributed by atoms with Crippen molar-refractivity contribution < 1.29 is 23.9 Å². The number of nitrogens with one attached hydrogen (secondary N) is 2. The largest absolute Gasteiger partial charge is 0.479 e. The number of aliphatic carboxylic acids is 1. The maximum atomic E-state index is 13.0. The molecule has 0 aliphatic heterocycles. The Labute approximate surface area is 140 Å². The van der Waals surface area contributed by atoms with Crippen LogP contribution in [0.1, 0.15) is 45.6 Å². The summed E-state index contributed by atoms with van der Waals surface area (Å²) in [7, 11) is 0. The Kier molecular flexibility index (Phi) is 6.88. The van der Waals surface area contributed by atoms with Crippen LogP contribution in [-0.2, 0) is 19.9 Å². The second kappa shape index (κ2) is 8.42. The average molecular weight is 338 g/mol. The number of carbonyl (C=O) groups is 3. The van der Waals surface area contributed by atoms with Crippen LogP contribution < -0.4 is 10.6 Å². The number of rotatable bonds is 8. The first kappa shape index (κ1) is 19.6. The molecule has 132 valence electrons. The van der Waals surface area contributed by atoms with Crippen molar-refractivity contribution in [2.45, 2.75) is 51.6 Å². The number of halogens is 1. The number of carbonyl (C=O) groups excluding carboxylic acids is 2. The van der Waals surface area contributed by atoms with E-state index < -0.39 is 23.2 Å². The van der Waals surface area contributed by atoms with E-state index in [4.69, 9.17) is 0 Å². The molecule has 0 aliphatic carbocycles. The van der Waals surface area contributed by atoms with Gasteiger partial charge in [0, 0.05) is 18.9 Å². The summed E-state index contributed by atoms with van der Waals surface area (Å²) in [5.41, 5.74) is -1.40. The molecule has 1 unspecified atom stereocenters. The third kappa shape index (κ3) is 5.64. The predicted octanol–water partition coefficient (Wildman–Crippen LogP) is 1.94. The van der Waals surface area contributed by atoms with Gasteiger partial charge in [-0.3, -0.25) is 9.59 Å². The van der Waals surface area contributed by atoms with Crippen molar-refractivity contribution in [3.8, 4) is 0 Å². The third-order valence-corrected chi connectivity index (χ3v) is 3.50. The van der Waals surface area contributed by atoms with Gasteiger partial charge in [-0.15, -0.1) is 0 Å². The molecule has 0 spiro atoms. The molecule has 0 bridgehead atoms. The first-order valence-electron chi connectivity index (χ1n) is 7.75. The third-order valence-electron chi connectivity index (χ3n) is 3.50. The molecule has 6 nitrogen and oxygen atoms in total. The van der Waals surface area contributed by atoms with Crippen molar-refractivity contribution in [2.24, 2.45) is 0 Å². The minimum Gasteiger partial charge on any atom is -0.479 e. The lowest BCUT2D eigenvalue weighted by Crippen LogP contribution is -2.49. The first-order valence-corrected chi connectivity index (χ1v) is 7.75. The van der Waals surface area contributed by atoms with Gasteiger partial charge in [0.1, 0.15) is 5.82 Å². The first-order chi connectivity index (χ1) is 11.1. The highest BCUT2D eigenvalue weighted by Crippen LogP contribution is 2.22. The fourth-order valence-corrected chi connectivity index (χ4v) is 2.18. The number of benzene rings is 1. The molecule has 0 radical (unpaired) electrons. The molecular weight excluding hydrogens is 315 g/mol. The summed E-state index contributed by atoms with van der Waals surface area (Å²) < 4.78 is 13.0. The molecule has 0 heterocycles. The topological polar surface area (TPSA) is 95.5 Å². The van der Waals surface area contributed by atoms with Crippen LogP contribution >= 0.6 is 0 Å². The fraction of sp³-hybridized carbons (Fsp3) is 0.471. The quantitative estimate of drug-likeness (QED) is 0.675. The maximum absolute atomic E-state index is 13.0. The molecule has 0 fully saturated rings. The fourth-order valence-electron chi connectivity index (χ4n) is 2.18. The molecule has 1 aromatic rings. The van der Waals surface area contributed by atoms with E-state index in [9.17, 15) is 23.9 Å². The molecule has 0 saturated heterocycles. The van der Waals surface area contributed by atoms with Gasteiger partial charge in [-0.25, -0.2) is 9.18 Å². The summed E-state index contributed by atoms with van der Waals surface area (Å²) in [6.07, 6.45) is 0.519. The molecule has 0 aromatic heterocycles. The van der Waals surface area contributed by atoms with Gasteiger partial charge in [-0.2, -0.15) is 0 Å². The molecule has 3 N–H and O–H groups in total. The molecule has 2 amide bonds. The SMILES string of the molecule is CC(C)NC(=O)CCCC(=O)NC(C)(C(=O)O)c1ccc(F)cc1. The van der Waals surface area contributed by atoms with Crippen molar-refractivity contribution in [3.05, 3.63) is 35.6 Å². The van der Waals surface area contributed by atoms with Gasteiger partial charge in [0.15, 0.2) is 5.54 Å². The van der Waals surface area contributed by atoms with Crippen LogP contribution in [0.15, 0.2) is 24.3 Å². The number of carboxylic acid groups (broad SMARTS) is 1. The highest BCUT2D eigenvalue weighted by Gasteiger charge is 2.36. The molecular formula is C17H23FN2O4. The Hall–Kier alpha value is -2.44. The molecule has 1 aromatic carbocycles. The Morgan fingerprint density at radius 2 is 1.67 bits per heavy atom. The summed E-state index contributed by atoms with van der Waals surface area (Å²) in [5, 5.41) is 14.6. The summed E-state index contributed by atoms with van der Waals surface area (Å²) in [6, 6.07) is 4.94. The zero-order valence-electron chi connectivity index (χ0n) is 14.1. The van der Waals surface area contributed by atoms with Crippen LogP contribution in [0.4, 0.5) is 4.39 Å². The van der Waals surface area contributed by atoms with E-state index in [0.717, 1.165) is 12.1 Å². The van der Waals surface area contributed by atoms with Crippen molar-refractivity contribution in [1.29, 1.82) is 0 Å². The van der Waals surface area contributed by atoms with Gasteiger partial charge in [0.2, 0.25) is 11.8 Å². The van der Waals surface area contributed by atoms with Crippen LogP contribution in [0.2, 0.25) is 0 Å². The maximum Gasteiger partial charge on any atom is 0.333 e. The van der Waals surface area contributed by atoms with E-state index in [1.807, 2.05) is 13.8 Å². The van der Waals surface area contributed by atoms with Crippen LogP contribution in [0.5, 0.6) is 0 Å². The minimum atomic E-state index is -1.66. The lowest BCUT2D eigenvalue weighted by Gasteiger charge is -2.27. The normalized spacial score (nSPS) is 13.2. The monoisotopic (exact) mass is 338 g/mol. The molecule has 1 atom stereocenters. The molecule has 0 aliphatic rings. The Balaban J connectivity index is 2.65. The van der Waals surface area contributed by atoms with Gasteiger partial charge in [0.05, 0.1) is 0 Å². The van der Waals surface area contributed by atoms with Crippen LogP contribution in [0, 0.1) is 5.82 Å². The number of amides is 2. The summed E-state index contributed by atoms with van der Waals surface area (Å²) in [4.78, 5) is 35.1. The smallest absolute Gasteiger partial charge is 0.333 e. The molecule has 0 saturated carbocycles. The summed E-state index contributed by atoms with van der Waals surface area (Å²) >= 11 is 0. The van der Waals surface area contributed by atoms with Crippen LogP contribution in [0.3, 0.4) is 0 Å². The number of carboxylic acids is 1. The lowest BCUT2D eigenvalue weighted by molar-refractivity contribution is -0.147. The zero-order valence-corrected chi connectivity index (χ0v) is 14.1. The van der Waals surface area contributed by atoms with Crippen molar-refractivity contribution >= 4 is 17.8 Å². The lowest BCUT2D eigenvalue weighted by atomic mass is 9.91. The van der Waals surface area contributed by atoms with Gasteiger partial charge >= 0.3 is 5.97 Å². The van der Waals surface area contributed by atoms with E-state index >= 15 is 0 Å². The minimum absolute atomic E-state index is 0.0234. The van der Waals surface area contributed by atoms with Crippen molar-refractivity contribution in [1.82, 2.24) is 10.6 Å². The average Bonchev–Trinajstić information content (AvgIpc) is 2.46. The van der Waals surface area contributed by atoms with Gasteiger partial charge in [-0.1, -0.05) is 12.1 Å². The zero-order chi connectivity index (χ0) is 18.3. The van der Waals surface area contributed by atoms with Crippen molar-refractivity contribution in [2.75, 3.05) is 0 Å². The summed E-state index contributed by atoms with van der Waals surface area (Å²) in [5.74, 6) is -2.38. The van der Waals surface area contributed by atoms with E-state index in [-0.39, 0.29) is 30.4 Å². The van der Waals surface area contributed by atoms with E-state index in [2.05, 4.69) is 10.6 Å². The van der Waals surface area contributed by atoms with Gasteiger partial charge in [-0.05, 0) is 44.9 Å². The van der Waals surface area contributed by atoms with Crippen molar-refractivity contribution in [3.63, 3.8) is 0 Å². The molecule has 24 heavy (non-hydrogen) atoms. The Morgan fingerprint density at radius 3 is 2.17 bits per heavy atom. The molecule has 1 rings (SSSR count). The van der Waals surface area contributed by atoms with E-state index in [1.165, 1.54) is 19.1 Å². The van der Waals surface area contributed by atoms with E-state index in [0.29, 0.717) is 6.42 Å². The van der Waals surface area contributed by atoms with Gasteiger partial charge < -0.3 is 15.7 Å². The Bertz CT molecular complexity index is 601. The number of hydrogen-bond acceptors (Lipinski definition) is 3. The van der Waals surface area contributed by atoms with Crippen LogP contribution in [-0.4, -0.2) is 28.9 Å². The van der Waals surface area contributed by atoms with E-state index in [1.54, 1.807) is 0 Å². The number of hydrogen-bond donors (Lipinski definition) is 3. The molecule has 7 heteroatoms.